The standard InChI is InChI=1S/C31H38Cl2N8O2/c1-5-10-35-30(42)21-13-23-26(16-25(21)41-11-8-18(2)9-12-41)39(3)28(37-23)14-20-22(32)7-6-19(29(20)33)17-36-31(43)24-15-27(34)40(4)38-24/h6-7,13,15-16,18H,5,8-12,14,17,34H2,1-4H3,(H,35,42)(H,36,43). The van der Waals surface area contributed by atoms with Crippen molar-refractivity contribution in [3.63, 3.8) is 0 Å². The molecule has 10 nitrogen and oxygen atoms in total. The lowest BCUT2D eigenvalue weighted by molar-refractivity contribution is 0.0940. The summed E-state index contributed by atoms with van der Waals surface area (Å²) >= 11 is 13.5. The van der Waals surface area contributed by atoms with Gasteiger partial charge in [-0.05, 0) is 54.5 Å². The predicted molar refractivity (Wildman–Crippen MR) is 172 cm³/mol. The van der Waals surface area contributed by atoms with Crippen molar-refractivity contribution in [1.29, 1.82) is 0 Å². The van der Waals surface area contributed by atoms with Crippen LogP contribution in [0.15, 0.2) is 30.3 Å². The van der Waals surface area contributed by atoms with E-state index in [1.807, 2.05) is 24.6 Å². The Morgan fingerprint density at radius 3 is 2.49 bits per heavy atom. The summed E-state index contributed by atoms with van der Waals surface area (Å²) in [5.74, 6) is 1.39. The number of hydrogen-bond donors (Lipinski definition) is 3. The zero-order valence-electron chi connectivity index (χ0n) is 25.0. The van der Waals surface area contributed by atoms with Gasteiger partial charge in [0.15, 0.2) is 5.69 Å². The molecule has 1 fully saturated rings. The van der Waals surface area contributed by atoms with Crippen molar-refractivity contribution in [2.24, 2.45) is 20.0 Å². The van der Waals surface area contributed by atoms with Crippen LogP contribution in [0.25, 0.3) is 11.0 Å². The van der Waals surface area contributed by atoms with E-state index in [1.54, 1.807) is 19.2 Å². The molecule has 0 spiro atoms. The van der Waals surface area contributed by atoms with E-state index in [4.69, 9.17) is 33.9 Å². The van der Waals surface area contributed by atoms with Crippen LogP contribution in [0.1, 0.15) is 70.9 Å². The number of anilines is 2. The van der Waals surface area contributed by atoms with Crippen molar-refractivity contribution >= 4 is 57.6 Å². The Morgan fingerprint density at radius 2 is 1.81 bits per heavy atom. The normalized spacial score (nSPS) is 14.0. The van der Waals surface area contributed by atoms with Crippen molar-refractivity contribution in [1.82, 2.24) is 30.0 Å². The highest BCUT2D eigenvalue weighted by Gasteiger charge is 2.24. The number of nitrogens with one attached hydrogen (secondary N) is 2. The number of piperidine rings is 1. The minimum Gasteiger partial charge on any atom is -0.384 e. The monoisotopic (exact) mass is 624 g/mol. The van der Waals surface area contributed by atoms with Gasteiger partial charge < -0.3 is 25.8 Å². The fraction of sp³-hybridized carbons (Fsp3) is 0.419. The molecule has 4 aromatic rings. The molecule has 2 aromatic heterocycles. The van der Waals surface area contributed by atoms with Crippen LogP contribution in [-0.2, 0) is 27.1 Å². The molecule has 1 aliphatic rings. The fourth-order valence-electron chi connectivity index (χ4n) is 5.42. The predicted octanol–water partition coefficient (Wildman–Crippen LogP) is 5.09. The van der Waals surface area contributed by atoms with Gasteiger partial charge in [-0.1, -0.05) is 43.1 Å². The highest BCUT2D eigenvalue weighted by Crippen LogP contribution is 2.34. The Labute approximate surface area is 261 Å². The second kappa shape index (κ2) is 12.9. The number of nitrogens with zero attached hydrogens (tertiary/aromatic N) is 5. The number of carbonyl (C=O) groups excluding carboxylic acids is 2. The first kappa shape index (κ1) is 30.7. The highest BCUT2D eigenvalue weighted by atomic mass is 35.5. The lowest BCUT2D eigenvalue weighted by atomic mass is 9.97. The first-order chi connectivity index (χ1) is 20.6. The van der Waals surface area contributed by atoms with Gasteiger partial charge in [0, 0.05) is 57.8 Å². The van der Waals surface area contributed by atoms with E-state index >= 15 is 0 Å². The number of nitrogen functional groups attached to an aromatic ring is 1. The van der Waals surface area contributed by atoms with Crippen LogP contribution >= 0.6 is 23.2 Å². The summed E-state index contributed by atoms with van der Waals surface area (Å²) in [6.07, 6.45) is 3.42. The Hall–Kier alpha value is -3.76. The minimum atomic E-state index is -0.354. The average molecular weight is 626 g/mol. The molecule has 0 saturated carbocycles. The summed E-state index contributed by atoms with van der Waals surface area (Å²) in [5, 5.41) is 11.0. The van der Waals surface area contributed by atoms with Gasteiger partial charge in [-0.25, -0.2) is 4.98 Å². The van der Waals surface area contributed by atoms with Crippen LogP contribution in [0.5, 0.6) is 0 Å². The third-order valence-electron chi connectivity index (χ3n) is 8.18. The second-order valence-corrected chi connectivity index (χ2v) is 12.1. The van der Waals surface area contributed by atoms with Crippen molar-refractivity contribution in [2.45, 2.75) is 46.1 Å². The number of halogens is 2. The lowest BCUT2D eigenvalue weighted by Crippen LogP contribution is -2.35. The Balaban J connectivity index is 1.44. The summed E-state index contributed by atoms with van der Waals surface area (Å²) in [6, 6.07) is 9.07. The van der Waals surface area contributed by atoms with Crippen LogP contribution < -0.4 is 21.3 Å². The van der Waals surface area contributed by atoms with E-state index < -0.39 is 0 Å². The summed E-state index contributed by atoms with van der Waals surface area (Å²) < 4.78 is 3.47. The maximum Gasteiger partial charge on any atom is 0.272 e. The van der Waals surface area contributed by atoms with Crippen molar-refractivity contribution in [3.05, 3.63) is 68.6 Å². The Morgan fingerprint density at radius 1 is 1.07 bits per heavy atom. The van der Waals surface area contributed by atoms with E-state index in [0.717, 1.165) is 54.9 Å². The van der Waals surface area contributed by atoms with Gasteiger partial charge in [0.2, 0.25) is 0 Å². The van der Waals surface area contributed by atoms with Crippen molar-refractivity contribution in [2.75, 3.05) is 30.3 Å². The molecule has 4 N–H and O–H groups in total. The molecule has 43 heavy (non-hydrogen) atoms. The topological polar surface area (TPSA) is 123 Å². The molecular weight excluding hydrogens is 587 g/mol. The SMILES string of the molecule is CCCNC(=O)c1cc2nc(Cc3c(Cl)ccc(CNC(=O)c4cc(N)n(C)n4)c3Cl)n(C)c2cc1N1CCC(C)CC1. The third kappa shape index (κ3) is 6.45. The number of hydrogen-bond acceptors (Lipinski definition) is 6. The van der Waals surface area contributed by atoms with Gasteiger partial charge in [-0.15, -0.1) is 0 Å². The molecule has 12 heteroatoms. The van der Waals surface area contributed by atoms with E-state index in [9.17, 15) is 9.59 Å². The lowest BCUT2D eigenvalue weighted by Gasteiger charge is -2.33. The third-order valence-corrected chi connectivity index (χ3v) is 9.01. The number of aryl methyl sites for hydroxylation is 2. The van der Waals surface area contributed by atoms with Crippen LogP contribution in [0.4, 0.5) is 11.5 Å². The number of fused-ring (bicyclic) bond motifs is 1. The molecule has 3 heterocycles. The smallest absolute Gasteiger partial charge is 0.272 e. The van der Waals surface area contributed by atoms with E-state index in [-0.39, 0.29) is 24.1 Å². The number of rotatable bonds is 9. The molecule has 0 atom stereocenters. The average Bonchev–Trinajstić information content (AvgIpc) is 3.49. The van der Waals surface area contributed by atoms with Crippen molar-refractivity contribution < 1.29 is 9.59 Å². The number of carbonyl (C=O) groups is 2. The highest BCUT2D eigenvalue weighted by molar-refractivity contribution is 6.36. The molecule has 0 bridgehead atoms. The maximum absolute atomic E-state index is 13.3. The molecule has 2 amide bonds. The first-order valence-corrected chi connectivity index (χ1v) is 15.4. The Bertz CT molecular complexity index is 1650. The molecule has 1 saturated heterocycles. The number of amides is 2. The second-order valence-electron chi connectivity index (χ2n) is 11.3. The van der Waals surface area contributed by atoms with E-state index in [2.05, 4.69) is 33.6 Å². The summed E-state index contributed by atoms with van der Waals surface area (Å²) in [7, 11) is 3.64. The fourth-order valence-corrected chi connectivity index (χ4v) is 5.99. The molecule has 1 aliphatic heterocycles. The van der Waals surface area contributed by atoms with Gasteiger partial charge in [0.05, 0.1) is 27.3 Å². The largest absolute Gasteiger partial charge is 0.384 e. The molecular formula is C31H38Cl2N8O2. The van der Waals surface area contributed by atoms with E-state index in [0.29, 0.717) is 51.4 Å². The molecule has 0 radical (unpaired) electrons. The molecule has 228 valence electrons. The zero-order valence-corrected chi connectivity index (χ0v) is 26.5. The number of benzene rings is 2. The molecule has 5 rings (SSSR count). The van der Waals surface area contributed by atoms with Gasteiger partial charge in [-0.3, -0.25) is 14.3 Å². The van der Waals surface area contributed by atoms with Crippen LogP contribution in [-0.4, -0.2) is 50.8 Å². The van der Waals surface area contributed by atoms with Gasteiger partial charge in [0.1, 0.15) is 11.6 Å². The van der Waals surface area contributed by atoms with Gasteiger partial charge in [-0.2, -0.15) is 5.10 Å². The van der Waals surface area contributed by atoms with Crippen LogP contribution in [0.2, 0.25) is 10.0 Å². The van der Waals surface area contributed by atoms with Crippen molar-refractivity contribution in [3.8, 4) is 0 Å². The number of aromatic nitrogens is 4. The van der Waals surface area contributed by atoms with Crippen LogP contribution in [0, 0.1) is 5.92 Å². The minimum absolute atomic E-state index is 0.0844. The van der Waals surface area contributed by atoms with Crippen LogP contribution in [0.3, 0.4) is 0 Å². The summed E-state index contributed by atoms with van der Waals surface area (Å²) in [6.45, 7) is 6.94. The summed E-state index contributed by atoms with van der Waals surface area (Å²) in [4.78, 5) is 33.1. The maximum atomic E-state index is 13.3. The molecule has 0 unspecified atom stereocenters. The molecule has 2 aromatic carbocycles. The van der Waals surface area contributed by atoms with Gasteiger partial charge >= 0.3 is 0 Å². The first-order valence-electron chi connectivity index (χ1n) is 14.6. The summed E-state index contributed by atoms with van der Waals surface area (Å²) in [5.41, 5.74) is 10.7. The molecule has 0 aliphatic carbocycles. The number of imidazole rings is 1. The Kier molecular flexibility index (Phi) is 9.17. The zero-order chi connectivity index (χ0) is 30.8. The van der Waals surface area contributed by atoms with Gasteiger partial charge in [0.25, 0.3) is 11.8 Å². The number of nitrogens with two attached hydrogens (primary N) is 1. The quantitative estimate of drug-likeness (QED) is 0.238. The van der Waals surface area contributed by atoms with E-state index in [1.165, 1.54) is 10.7 Å².